The minimum atomic E-state index is -0.665. The number of amides is 1. The number of non-ortho nitro benzene ring substituents is 1. The molecule has 150 valence electrons. The summed E-state index contributed by atoms with van der Waals surface area (Å²) < 4.78 is 5.68. The Balaban J connectivity index is 1.81. The zero-order chi connectivity index (χ0) is 21.8. The zero-order valence-corrected chi connectivity index (χ0v) is 17.0. The van der Waals surface area contributed by atoms with E-state index in [-0.39, 0.29) is 11.3 Å². The van der Waals surface area contributed by atoms with Gasteiger partial charge in [0.15, 0.2) is 0 Å². The van der Waals surface area contributed by atoms with Crippen molar-refractivity contribution in [3.63, 3.8) is 0 Å². The number of carbonyl (C=O) groups excluding carboxylic acids is 1. The van der Waals surface area contributed by atoms with Crippen molar-refractivity contribution in [3.8, 4) is 17.4 Å². The Morgan fingerprint density at radius 1 is 1.17 bits per heavy atom. The molecule has 0 fully saturated rings. The Bertz CT molecular complexity index is 1230. The van der Waals surface area contributed by atoms with Crippen molar-refractivity contribution < 1.29 is 14.1 Å². The fraction of sp³-hybridized carbons (Fsp3) is 0.0476. The molecule has 0 aliphatic rings. The summed E-state index contributed by atoms with van der Waals surface area (Å²) in [5, 5.41) is 23.6. The van der Waals surface area contributed by atoms with E-state index in [0.717, 1.165) is 0 Å². The Hall–Kier alpha value is -3.60. The van der Waals surface area contributed by atoms with E-state index in [1.54, 1.807) is 37.3 Å². The van der Waals surface area contributed by atoms with Crippen LogP contribution in [0.2, 0.25) is 10.0 Å². The predicted molar refractivity (Wildman–Crippen MR) is 114 cm³/mol. The fourth-order valence-electron chi connectivity index (χ4n) is 2.62. The summed E-state index contributed by atoms with van der Waals surface area (Å²) in [5.41, 5.74) is 1.26. The number of benzene rings is 2. The lowest BCUT2D eigenvalue weighted by Crippen LogP contribution is -2.14. The van der Waals surface area contributed by atoms with Crippen LogP contribution >= 0.6 is 23.2 Å². The second-order valence-corrected chi connectivity index (χ2v) is 7.03. The number of rotatable bonds is 5. The highest BCUT2D eigenvalue weighted by Crippen LogP contribution is 2.30. The van der Waals surface area contributed by atoms with Crippen LogP contribution in [0.5, 0.6) is 0 Å². The summed E-state index contributed by atoms with van der Waals surface area (Å²) in [4.78, 5) is 22.8. The summed E-state index contributed by atoms with van der Waals surface area (Å²) in [7, 11) is 0. The molecule has 7 nitrogen and oxygen atoms in total. The predicted octanol–water partition coefficient (Wildman–Crippen LogP) is 6.02. The average molecular weight is 442 g/mol. The van der Waals surface area contributed by atoms with Gasteiger partial charge in [-0.2, -0.15) is 5.26 Å². The summed E-state index contributed by atoms with van der Waals surface area (Å²) in [6, 6.07) is 14.2. The molecular weight excluding hydrogens is 429 g/mol. The number of furan rings is 1. The lowest BCUT2D eigenvalue weighted by molar-refractivity contribution is -0.384. The third kappa shape index (κ3) is 4.69. The number of nitro groups is 1. The number of hydrogen-bond donors (Lipinski definition) is 1. The van der Waals surface area contributed by atoms with Crippen molar-refractivity contribution in [2.75, 3.05) is 5.32 Å². The van der Waals surface area contributed by atoms with Gasteiger partial charge in [0.1, 0.15) is 23.2 Å². The molecule has 0 saturated carbocycles. The highest BCUT2D eigenvalue weighted by molar-refractivity contribution is 6.42. The molecule has 0 aliphatic carbocycles. The van der Waals surface area contributed by atoms with Gasteiger partial charge in [-0.1, -0.05) is 23.2 Å². The molecule has 2 aromatic carbocycles. The second-order valence-electron chi connectivity index (χ2n) is 6.21. The lowest BCUT2D eigenvalue weighted by atomic mass is 10.1. The third-order valence-electron chi connectivity index (χ3n) is 4.15. The number of aryl methyl sites for hydroxylation is 1. The maximum absolute atomic E-state index is 12.5. The number of carbonyl (C=O) groups is 1. The van der Waals surface area contributed by atoms with Crippen LogP contribution in [0, 0.1) is 28.4 Å². The van der Waals surface area contributed by atoms with Gasteiger partial charge < -0.3 is 9.73 Å². The molecule has 3 aromatic rings. The maximum atomic E-state index is 12.5. The number of nitro benzene ring substituents is 1. The molecule has 30 heavy (non-hydrogen) atoms. The molecule has 9 heteroatoms. The highest BCUT2D eigenvalue weighted by Gasteiger charge is 2.15. The van der Waals surface area contributed by atoms with Crippen molar-refractivity contribution in [1.29, 1.82) is 5.26 Å². The molecule has 1 heterocycles. The summed E-state index contributed by atoms with van der Waals surface area (Å²) in [5.74, 6) is 0.119. The quantitative estimate of drug-likeness (QED) is 0.225. The van der Waals surface area contributed by atoms with Gasteiger partial charge in [-0.3, -0.25) is 14.9 Å². The first kappa shape index (κ1) is 21.1. The first-order chi connectivity index (χ1) is 14.3. The highest BCUT2D eigenvalue weighted by atomic mass is 35.5. The smallest absolute Gasteiger partial charge is 0.269 e. The number of nitriles is 1. The molecule has 0 spiro atoms. The van der Waals surface area contributed by atoms with E-state index in [1.807, 2.05) is 6.07 Å². The van der Waals surface area contributed by atoms with Crippen LogP contribution in [0.4, 0.5) is 11.4 Å². The largest absolute Gasteiger partial charge is 0.457 e. The number of anilines is 1. The third-order valence-corrected chi connectivity index (χ3v) is 4.89. The molecular formula is C21H13Cl2N3O4. The van der Waals surface area contributed by atoms with Crippen LogP contribution < -0.4 is 5.32 Å². The summed E-state index contributed by atoms with van der Waals surface area (Å²) in [6.07, 6.45) is 1.30. The Kier molecular flexibility index (Phi) is 6.21. The standard InChI is InChI=1S/C21H13Cl2N3O4/c1-12-8-15(26(28)29)3-6-19(12)25-21(27)14(11-24)9-16-4-7-20(30-16)13-2-5-17(22)18(23)10-13/h2-10H,1H3,(H,25,27)/b14-9+. The topological polar surface area (TPSA) is 109 Å². The van der Waals surface area contributed by atoms with Crippen LogP contribution in [-0.2, 0) is 4.79 Å². The van der Waals surface area contributed by atoms with Gasteiger partial charge in [0.25, 0.3) is 11.6 Å². The van der Waals surface area contributed by atoms with Crippen molar-refractivity contribution in [3.05, 3.63) is 85.6 Å². The Morgan fingerprint density at radius 2 is 1.93 bits per heavy atom. The van der Waals surface area contributed by atoms with Crippen molar-refractivity contribution in [2.45, 2.75) is 6.92 Å². The van der Waals surface area contributed by atoms with E-state index in [2.05, 4.69) is 5.32 Å². The molecule has 0 radical (unpaired) electrons. The average Bonchev–Trinajstić information content (AvgIpc) is 3.18. The second kappa shape index (κ2) is 8.82. The van der Waals surface area contributed by atoms with Gasteiger partial charge in [-0.05, 0) is 48.9 Å². The van der Waals surface area contributed by atoms with Crippen LogP contribution in [0.25, 0.3) is 17.4 Å². The summed E-state index contributed by atoms with van der Waals surface area (Å²) >= 11 is 11.9. The van der Waals surface area contributed by atoms with E-state index >= 15 is 0 Å². The first-order valence-electron chi connectivity index (χ1n) is 8.52. The minimum absolute atomic E-state index is 0.0908. The van der Waals surface area contributed by atoms with E-state index in [1.165, 1.54) is 24.3 Å². The molecule has 0 bridgehead atoms. The molecule has 1 amide bonds. The lowest BCUT2D eigenvalue weighted by Gasteiger charge is -2.07. The van der Waals surface area contributed by atoms with E-state index in [4.69, 9.17) is 27.6 Å². The molecule has 1 N–H and O–H groups in total. The number of halogens is 2. The van der Waals surface area contributed by atoms with Gasteiger partial charge in [-0.15, -0.1) is 0 Å². The van der Waals surface area contributed by atoms with Crippen LogP contribution in [-0.4, -0.2) is 10.8 Å². The van der Waals surface area contributed by atoms with Gasteiger partial charge in [0.2, 0.25) is 0 Å². The normalized spacial score (nSPS) is 11.1. The molecule has 0 saturated heterocycles. The molecule has 0 atom stereocenters. The first-order valence-corrected chi connectivity index (χ1v) is 9.27. The van der Waals surface area contributed by atoms with Gasteiger partial charge in [0.05, 0.1) is 15.0 Å². The molecule has 1 aromatic heterocycles. The number of nitrogens with one attached hydrogen (secondary N) is 1. The SMILES string of the molecule is Cc1cc([N+](=O)[O-])ccc1NC(=O)/C(C#N)=C/c1ccc(-c2ccc(Cl)c(Cl)c2)o1. The fourth-order valence-corrected chi connectivity index (χ4v) is 2.92. The minimum Gasteiger partial charge on any atom is -0.457 e. The van der Waals surface area contributed by atoms with Crippen LogP contribution in [0.3, 0.4) is 0 Å². The summed E-state index contributed by atoms with van der Waals surface area (Å²) in [6.45, 7) is 1.62. The zero-order valence-electron chi connectivity index (χ0n) is 15.5. The maximum Gasteiger partial charge on any atom is 0.269 e. The van der Waals surface area contributed by atoms with Gasteiger partial charge >= 0.3 is 0 Å². The molecule has 0 aliphatic heterocycles. The Morgan fingerprint density at radius 3 is 2.57 bits per heavy atom. The Labute approximate surface area is 181 Å². The number of nitrogens with zero attached hydrogens (tertiary/aromatic N) is 2. The molecule has 0 unspecified atom stereocenters. The van der Waals surface area contributed by atoms with Crippen LogP contribution in [0.15, 0.2) is 58.5 Å². The molecule has 3 rings (SSSR count). The monoisotopic (exact) mass is 441 g/mol. The van der Waals surface area contributed by atoms with E-state index in [0.29, 0.717) is 38.4 Å². The van der Waals surface area contributed by atoms with E-state index < -0.39 is 10.8 Å². The van der Waals surface area contributed by atoms with E-state index in [9.17, 15) is 20.2 Å². The number of hydrogen-bond acceptors (Lipinski definition) is 5. The van der Waals surface area contributed by atoms with Crippen molar-refractivity contribution in [1.82, 2.24) is 0 Å². The van der Waals surface area contributed by atoms with Crippen molar-refractivity contribution >= 4 is 46.6 Å². The van der Waals surface area contributed by atoms with Gasteiger partial charge in [0, 0.05) is 29.5 Å². The van der Waals surface area contributed by atoms with Crippen molar-refractivity contribution in [2.24, 2.45) is 0 Å². The van der Waals surface area contributed by atoms with Gasteiger partial charge in [-0.25, -0.2) is 0 Å². The van der Waals surface area contributed by atoms with Crippen LogP contribution in [0.1, 0.15) is 11.3 Å².